The minimum atomic E-state index is -2.08. The van der Waals surface area contributed by atoms with Crippen molar-refractivity contribution in [3.8, 4) is 0 Å². The fraction of sp³-hybridized carbons (Fsp3) is 0.889. The maximum absolute atomic E-state index is 8.44. The topological polar surface area (TPSA) is 157 Å². The summed E-state index contributed by atoms with van der Waals surface area (Å²) in [5.74, 6) is 0. The Morgan fingerprint density at radius 3 is 0.923 bits per heavy atom. The van der Waals surface area contributed by atoms with Gasteiger partial charge in [-0.3, -0.25) is 0 Å². The van der Waals surface area contributed by atoms with E-state index < -0.39 is 12.3 Å². The standard InChI is InChI=1S/C16H36N.2CH2O3.H3N/c1-5-9-13-17(14-10-6-2,15-11-7-3)16-12-8-4;2*2-1(3)4;/h5-16H2,1-4H3;2*(H2,2,3,4);1H3/q+1;;;/p-1. The van der Waals surface area contributed by atoms with Gasteiger partial charge in [-0.25, -0.2) is 0 Å². The van der Waals surface area contributed by atoms with Gasteiger partial charge in [-0.1, -0.05) is 53.4 Å². The minimum Gasteiger partial charge on any atom is -0.565 e. The number of carboxylic acid groups (broad SMARTS) is 4. The van der Waals surface area contributed by atoms with Crippen LogP contribution in [0.25, 0.3) is 0 Å². The molecular weight excluding hydrogens is 340 g/mol. The van der Waals surface area contributed by atoms with Crippen molar-refractivity contribution in [3.63, 3.8) is 0 Å². The van der Waals surface area contributed by atoms with Crippen molar-refractivity contribution in [2.45, 2.75) is 79.1 Å². The molecule has 0 heterocycles. The van der Waals surface area contributed by atoms with Crippen LogP contribution in [-0.2, 0) is 0 Å². The fourth-order valence-electron chi connectivity index (χ4n) is 2.64. The molecule has 0 bridgehead atoms. The lowest BCUT2D eigenvalue weighted by molar-refractivity contribution is -0.929. The predicted octanol–water partition coefficient (Wildman–Crippen LogP) is 3.16. The van der Waals surface area contributed by atoms with Gasteiger partial charge < -0.3 is 40.6 Å². The molecule has 0 fully saturated rings. The summed E-state index contributed by atoms with van der Waals surface area (Å²) < 4.78 is 1.42. The van der Waals surface area contributed by atoms with Crippen LogP contribution < -0.4 is 16.4 Å². The van der Waals surface area contributed by atoms with Gasteiger partial charge in [0, 0.05) is 0 Å². The Balaban J connectivity index is -0.000000226. The van der Waals surface area contributed by atoms with E-state index in [2.05, 4.69) is 27.7 Å². The average molecular weight is 383 g/mol. The summed E-state index contributed by atoms with van der Waals surface area (Å²) in [4.78, 5) is 16.9. The fourth-order valence-corrected chi connectivity index (χ4v) is 2.64. The van der Waals surface area contributed by atoms with Crippen molar-refractivity contribution >= 4 is 12.3 Å². The molecule has 8 heteroatoms. The molecule has 0 rings (SSSR count). The largest absolute Gasteiger partial charge is 0.565 e. The Bertz CT molecular complexity index is 257. The molecule has 0 aliphatic carbocycles. The summed E-state index contributed by atoms with van der Waals surface area (Å²) in [5, 5.41) is 30.6. The van der Waals surface area contributed by atoms with Crippen LogP contribution in [0.15, 0.2) is 0 Å². The Kier molecular flexibility index (Phi) is 29.0. The van der Waals surface area contributed by atoms with Gasteiger partial charge in [0.1, 0.15) is 0 Å². The Hall–Kier alpha value is -1.54. The van der Waals surface area contributed by atoms with Crippen LogP contribution in [0.5, 0.6) is 0 Å². The zero-order valence-electron chi connectivity index (χ0n) is 17.5. The molecule has 160 valence electrons. The van der Waals surface area contributed by atoms with E-state index in [1.165, 1.54) is 82.0 Å². The molecule has 0 aromatic heterocycles. The number of unbranched alkanes of at least 4 members (excludes halogenated alkanes) is 4. The zero-order valence-corrected chi connectivity index (χ0v) is 17.5. The smallest absolute Gasteiger partial charge is 0.249 e. The first-order chi connectivity index (χ1) is 11.7. The van der Waals surface area contributed by atoms with E-state index >= 15 is 0 Å². The van der Waals surface area contributed by atoms with Gasteiger partial charge >= 0.3 is 0 Å². The van der Waals surface area contributed by atoms with Gasteiger partial charge in [-0.2, -0.15) is 0 Å². The highest BCUT2D eigenvalue weighted by atomic mass is 16.6. The molecule has 0 aliphatic rings. The molecule has 0 spiro atoms. The first kappa shape index (κ1) is 32.2. The van der Waals surface area contributed by atoms with E-state index in [0.29, 0.717) is 0 Å². The van der Waals surface area contributed by atoms with Crippen molar-refractivity contribution in [1.82, 2.24) is 6.15 Å². The van der Waals surface area contributed by atoms with Crippen molar-refractivity contribution < 1.29 is 34.5 Å². The van der Waals surface area contributed by atoms with Crippen LogP contribution in [-0.4, -0.2) is 53.2 Å². The molecule has 0 unspecified atom stereocenters. The van der Waals surface area contributed by atoms with Crippen molar-refractivity contribution in [3.05, 3.63) is 0 Å². The van der Waals surface area contributed by atoms with E-state index in [0.717, 1.165) is 0 Å². The molecule has 26 heavy (non-hydrogen) atoms. The lowest BCUT2D eigenvalue weighted by Crippen LogP contribution is -2.50. The Morgan fingerprint density at radius 2 is 0.808 bits per heavy atom. The van der Waals surface area contributed by atoms with Crippen LogP contribution in [0.1, 0.15) is 79.1 Å². The first-order valence-electron chi connectivity index (χ1n) is 9.36. The van der Waals surface area contributed by atoms with E-state index in [4.69, 9.17) is 30.0 Å². The van der Waals surface area contributed by atoms with Crippen LogP contribution in [0, 0.1) is 0 Å². The highest BCUT2D eigenvalue weighted by Gasteiger charge is 2.24. The van der Waals surface area contributed by atoms with E-state index in [1.54, 1.807) is 0 Å². The molecule has 0 amide bonds. The summed E-state index contributed by atoms with van der Waals surface area (Å²) in [5.41, 5.74) is 0. The van der Waals surface area contributed by atoms with Crippen molar-refractivity contribution in [2.75, 3.05) is 26.2 Å². The molecule has 0 saturated carbocycles. The number of rotatable bonds is 12. The Morgan fingerprint density at radius 1 is 0.654 bits per heavy atom. The molecule has 0 aromatic rings. The number of hydrogen-bond donors (Lipinski definition) is 3. The second-order valence-corrected chi connectivity index (χ2v) is 6.18. The maximum atomic E-state index is 8.44. The summed E-state index contributed by atoms with van der Waals surface area (Å²) >= 11 is 0. The van der Waals surface area contributed by atoms with Crippen LogP contribution in [0.3, 0.4) is 0 Å². The van der Waals surface area contributed by atoms with Gasteiger partial charge in [-0.05, 0) is 25.7 Å². The lowest BCUT2D eigenvalue weighted by Gasteiger charge is -2.39. The molecule has 0 radical (unpaired) electrons. The highest BCUT2D eigenvalue weighted by molar-refractivity contribution is 5.50. The molecule has 0 aromatic carbocycles. The highest BCUT2D eigenvalue weighted by Crippen LogP contribution is 2.16. The molecule has 0 saturated heterocycles. The third-order valence-corrected chi connectivity index (χ3v) is 3.94. The maximum Gasteiger partial charge on any atom is 0.249 e. The molecule has 0 atom stereocenters. The third-order valence-electron chi connectivity index (χ3n) is 3.94. The average Bonchev–Trinajstić information content (AvgIpc) is 2.52. The quantitative estimate of drug-likeness (QED) is 0.440. The normalized spacial score (nSPS) is 9.69. The monoisotopic (exact) mass is 382 g/mol. The summed E-state index contributed by atoms with van der Waals surface area (Å²) in [7, 11) is 0. The second kappa shape index (κ2) is 23.5. The summed E-state index contributed by atoms with van der Waals surface area (Å²) in [6.45, 7) is 15.0. The van der Waals surface area contributed by atoms with Crippen LogP contribution in [0.4, 0.5) is 9.59 Å². The van der Waals surface area contributed by atoms with Crippen LogP contribution >= 0.6 is 0 Å². The third kappa shape index (κ3) is 30.4. The zero-order chi connectivity index (χ0) is 20.1. The molecule has 8 nitrogen and oxygen atoms in total. The number of quaternary nitrogens is 2. The number of hydrogen-bond acceptors (Lipinski definition) is 4. The molecule has 0 aliphatic heterocycles. The molecule has 6 N–H and O–H groups in total. The Labute approximate surface area is 159 Å². The van der Waals surface area contributed by atoms with Crippen LogP contribution in [0.2, 0.25) is 0 Å². The number of carbonyl (C=O) groups is 2. The van der Waals surface area contributed by atoms with Gasteiger partial charge in [0.05, 0.1) is 26.2 Å². The van der Waals surface area contributed by atoms with Gasteiger partial charge in [0.15, 0.2) is 0 Å². The second-order valence-electron chi connectivity index (χ2n) is 6.18. The minimum absolute atomic E-state index is 0. The van der Waals surface area contributed by atoms with Crippen molar-refractivity contribution in [1.29, 1.82) is 0 Å². The van der Waals surface area contributed by atoms with Gasteiger partial charge in [-0.15, -0.1) is 0 Å². The van der Waals surface area contributed by atoms with Gasteiger partial charge in [0.2, 0.25) is 12.3 Å². The van der Waals surface area contributed by atoms with E-state index in [-0.39, 0.29) is 6.15 Å². The predicted molar refractivity (Wildman–Crippen MR) is 101 cm³/mol. The number of nitrogens with zero attached hydrogens (tertiary/aromatic N) is 1. The van der Waals surface area contributed by atoms with Gasteiger partial charge in [0.25, 0.3) is 0 Å². The lowest BCUT2D eigenvalue weighted by atomic mass is 10.1. The first-order valence-corrected chi connectivity index (χ1v) is 9.36. The summed E-state index contributed by atoms with van der Waals surface area (Å²) in [6, 6.07) is 0. The van der Waals surface area contributed by atoms with E-state index in [9.17, 15) is 0 Å². The summed E-state index contributed by atoms with van der Waals surface area (Å²) in [6.07, 6.45) is 6.89. The van der Waals surface area contributed by atoms with Crippen molar-refractivity contribution in [2.24, 2.45) is 0 Å². The van der Waals surface area contributed by atoms with E-state index in [1.807, 2.05) is 0 Å². The molecular formula is C18H42N2O6. The SMILES string of the molecule is CCCC[N+](CCCC)(CCCC)CCCC.O=C([O-])O.O=C([O-])O.[NH4+].